The van der Waals surface area contributed by atoms with Gasteiger partial charge in [0.15, 0.2) is 5.58 Å². The Hall–Kier alpha value is -2.09. The summed E-state index contributed by atoms with van der Waals surface area (Å²) < 4.78 is 5.88. The molecule has 0 amide bonds. The van der Waals surface area contributed by atoms with E-state index in [9.17, 15) is 0 Å². The summed E-state index contributed by atoms with van der Waals surface area (Å²) in [6.45, 7) is 6.33. The van der Waals surface area contributed by atoms with Gasteiger partial charge in [-0.2, -0.15) is 0 Å². The first-order chi connectivity index (χ1) is 9.05. The van der Waals surface area contributed by atoms with Crippen LogP contribution in [-0.4, -0.2) is 4.98 Å². The number of nitrogens with zero attached hydrogens (tertiary/aromatic N) is 1. The van der Waals surface area contributed by atoms with Gasteiger partial charge in [-0.3, -0.25) is 0 Å². The van der Waals surface area contributed by atoms with Crippen LogP contribution in [0.1, 0.15) is 26.7 Å². The smallest absolute Gasteiger partial charge is 0.200 e. The summed E-state index contributed by atoms with van der Waals surface area (Å²) in [7, 11) is 0. The second-order valence-corrected chi connectivity index (χ2v) is 5.79. The number of hydrogen-bond acceptors (Lipinski definition) is 2. The van der Waals surface area contributed by atoms with Crippen LogP contribution in [0.5, 0.6) is 0 Å². The average Bonchev–Trinajstić information content (AvgIpc) is 2.83. The molecule has 0 N–H and O–H groups in total. The van der Waals surface area contributed by atoms with Crippen LogP contribution in [0.25, 0.3) is 22.2 Å². The summed E-state index contributed by atoms with van der Waals surface area (Å²) in [6, 6.07) is 16.4. The van der Waals surface area contributed by atoms with Crippen molar-refractivity contribution in [2.75, 3.05) is 0 Å². The van der Waals surface area contributed by atoms with E-state index in [0.717, 1.165) is 22.6 Å². The van der Waals surface area contributed by atoms with Crippen LogP contribution in [0, 0.1) is 0 Å². The summed E-state index contributed by atoms with van der Waals surface area (Å²) in [4.78, 5) is 4.69. The van der Waals surface area contributed by atoms with E-state index >= 15 is 0 Å². The molecule has 0 bridgehead atoms. The van der Waals surface area contributed by atoms with E-state index in [-0.39, 0.29) is 5.41 Å². The van der Waals surface area contributed by atoms with Crippen LogP contribution in [0.15, 0.2) is 52.9 Å². The molecule has 0 fully saturated rings. The predicted octanol–water partition coefficient (Wildman–Crippen LogP) is 4.79. The lowest BCUT2D eigenvalue weighted by atomic mass is 9.97. The van der Waals surface area contributed by atoms with E-state index in [0.29, 0.717) is 0 Å². The molecule has 0 aliphatic heterocycles. The molecule has 3 aromatic rings. The average molecular weight is 251 g/mol. The molecule has 1 aromatic heterocycles. The summed E-state index contributed by atoms with van der Waals surface area (Å²) in [5, 5.41) is 0. The quantitative estimate of drug-likeness (QED) is 0.621. The third-order valence-corrected chi connectivity index (χ3v) is 3.15. The van der Waals surface area contributed by atoms with Crippen LogP contribution in [0.4, 0.5) is 0 Å². The van der Waals surface area contributed by atoms with Gasteiger partial charge in [-0.25, -0.2) is 4.98 Å². The molecule has 19 heavy (non-hydrogen) atoms. The highest BCUT2D eigenvalue weighted by Gasteiger charge is 2.21. The van der Waals surface area contributed by atoms with Gasteiger partial charge in [0.2, 0.25) is 5.89 Å². The maximum atomic E-state index is 5.88. The minimum Gasteiger partial charge on any atom is -0.440 e. The van der Waals surface area contributed by atoms with Crippen molar-refractivity contribution in [1.29, 1.82) is 0 Å². The lowest BCUT2D eigenvalue weighted by Crippen LogP contribution is -2.11. The third-order valence-electron chi connectivity index (χ3n) is 3.15. The molecule has 3 rings (SSSR count). The molecule has 0 saturated heterocycles. The fourth-order valence-corrected chi connectivity index (χ4v) is 2.12. The summed E-state index contributed by atoms with van der Waals surface area (Å²) in [5.74, 6) is 0.783. The number of fused-ring (bicyclic) bond motifs is 1. The van der Waals surface area contributed by atoms with E-state index in [2.05, 4.69) is 39.0 Å². The summed E-state index contributed by atoms with van der Waals surface area (Å²) in [6.07, 6.45) is 0. The molecule has 0 unspecified atom stereocenters. The maximum absolute atomic E-state index is 5.88. The molecule has 96 valence electrons. The molecule has 0 spiro atoms. The molecule has 2 aromatic carbocycles. The van der Waals surface area contributed by atoms with Crippen molar-refractivity contribution < 1.29 is 4.42 Å². The topological polar surface area (TPSA) is 26.0 Å². The first-order valence-corrected chi connectivity index (χ1v) is 6.51. The van der Waals surface area contributed by atoms with Gasteiger partial charge in [-0.05, 0) is 11.6 Å². The Bertz CT molecular complexity index is 705. The number of rotatable bonds is 1. The molecule has 0 saturated carbocycles. The van der Waals surface area contributed by atoms with Crippen molar-refractivity contribution in [3.8, 4) is 11.1 Å². The van der Waals surface area contributed by atoms with Gasteiger partial charge >= 0.3 is 0 Å². The Labute approximate surface area is 113 Å². The SMILES string of the molecule is CC(C)(C)c1nc2c(-c3ccccc3)cccc2o1. The Balaban J connectivity index is 2.24. The Morgan fingerprint density at radius 2 is 1.63 bits per heavy atom. The molecule has 2 nitrogen and oxygen atoms in total. The molecule has 2 heteroatoms. The largest absolute Gasteiger partial charge is 0.440 e. The lowest BCUT2D eigenvalue weighted by Gasteiger charge is -2.11. The molecular weight excluding hydrogens is 234 g/mol. The van der Waals surface area contributed by atoms with Crippen LogP contribution in [0.3, 0.4) is 0 Å². The van der Waals surface area contributed by atoms with Crippen molar-refractivity contribution in [2.24, 2.45) is 0 Å². The van der Waals surface area contributed by atoms with E-state index in [1.165, 1.54) is 5.56 Å². The van der Waals surface area contributed by atoms with Crippen LogP contribution in [0.2, 0.25) is 0 Å². The molecule has 0 aliphatic rings. The fourth-order valence-electron chi connectivity index (χ4n) is 2.12. The number of aromatic nitrogens is 1. The maximum Gasteiger partial charge on any atom is 0.200 e. The minimum atomic E-state index is -0.0764. The summed E-state index contributed by atoms with van der Waals surface area (Å²) in [5.41, 5.74) is 4.01. The zero-order valence-corrected chi connectivity index (χ0v) is 11.5. The first kappa shape index (κ1) is 12.0. The van der Waals surface area contributed by atoms with Gasteiger partial charge in [0.25, 0.3) is 0 Å². The van der Waals surface area contributed by atoms with Crippen molar-refractivity contribution in [3.63, 3.8) is 0 Å². The van der Waals surface area contributed by atoms with Crippen molar-refractivity contribution in [3.05, 3.63) is 54.4 Å². The van der Waals surface area contributed by atoms with Gasteiger partial charge in [0.1, 0.15) is 5.52 Å². The van der Waals surface area contributed by atoms with E-state index < -0.39 is 0 Å². The standard InChI is InChI=1S/C17H17NO/c1-17(2,3)16-18-15-13(10-7-11-14(15)19-16)12-8-5-4-6-9-12/h4-11H,1-3H3. The van der Waals surface area contributed by atoms with Crippen molar-refractivity contribution in [1.82, 2.24) is 4.98 Å². The Morgan fingerprint density at radius 1 is 0.895 bits per heavy atom. The van der Waals surface area contributed by atoms with Crippen LogP contribution >= 0.6 is 0 Å². The lowest BCUT2D eigenvalue weighted by molar-refractivity contribution is 0.411. The predicted molar refractivity (Wildman–Crippen MR) is 78.1 cm³/mol. The monoisotopic (exact) mass is 251 g/mol. The van der Waals surface area contributed by atoms with E-state index in [1.54, 1.807) is 0 Å². The number of hydrogen-bond donors (Lipinski definition) is 0. The van der Waals surface area contributed by atoms with Gasteiger partial charge in [0, 0.05) is 11.0 Å². The highest BCUT2D eigenvalue weighted by Crippen LogP contribution is 2.31. The first-order valence-electron chi connectivity index (χ1n) is 6.51. The Kier molecular flexibility index (Phi) is 2.67. The van der Waals surface area contributed by atoms with Crippen LogP contribution < -0.4 is 0 Å². The van der Waals surface area contributed by atoms with Crippen molar-refractivity contribution >= 4 is 11.1 Å². The molecule has 0 radical (unpaired) electrons. The minimum absolute atomic E-state index is 0.0764. The zero-order chi connectivity index (χ0) is 13.5. The second kappa shape index (κ2) is 4.23. The fraction of sp³-hybridized carbons (Fsp3) is 0.235. The van der Waals surface area contributed by atoms with E-state index in [1.807, 2.05) is 30.3 Å². The Morgan fingerprint density at radius 3 is 2.32 bits per heavy atom. The molecule has 0 atom stereocenters. The second-order valence-electron chi connectivity index (χ2n) is 5.79. The summed E-state index contributed by atoms with van der Waals surface area (Å²) >= 11 is 0. The molecule has 1 heterocycles. The molecule has 0 aliphatic carbocycles. The van der Waals surface area contributed by atoms with E-state index in [4.69, 9.17) is 9.40 Å². The zero-order valence-electron chi connectivity index (χ0n) is 11.5. The van der Waals surface area contributed by atoms with Gasteiger partial charge in [-0.1, -0.05) is 63.2 Å². The number of para-hydroxylation sites is 1. The highest BCUT2D eigenvalue weighted by molar-refractivity contribution is 5.90. The van der Waals surface area contributed by atoms with Gasteiger partial charge in [0.05, 0.1) is 0 Å². The molecular formula is C17H17NO. The normalized spacial score (nSPS) is 11.9. The number of benzene rings is 2. The highest BCUT2D eigenvalue weighted by atomic mass is 16.3. The van der Waals surface area contributed by atoms with Gasteiger partial charge in [-0.15, -0.1) is 0 Å². The number of oxazole rings is 1. The van der Waals surface area contributed by atoms with Crippen molar-refractivity contribution in [2.45, 2.75) is 26.2 Å². The van der Waals surface area contributed by atoms with Crippen LogP contribution in [-0.2, 0) is 5.41 Å². The van der Waals surface area contributed by atoms with Gasteiger partial charge < -0.3 is 4.42 Å². The third kappa shape index (κ3) is 2.14.